The topological polar surface area (TPSA) is 48.4 Å². The van der Waals surface area contributed by atoms with E-state index in [1.165, 1.54) is 11.1 Å². The molecule has 0 fully saturated rings. The SMILES string of the molecule is CSC1(SC)CCOc2ccc(CCc3ccc(C(=O)OC(C)C)cn3)cc21. The number of carbonyl (C=O) groups is 1. The Morgan fingerprint density at radius 3 is 2.64 bits per heavy atom. The van der Waals surface area contributed by atoms with Gasteiger partial charge in [0.15, 0.2) is 0 Å². The molecule has 0 amide bonds. The zero-order chi connectivity index (χ0) is 20.1. The third kappa shape index (κ3) is 4.66. The lowest BCUT2D eigenvalue weighted by Gasteiger charge is -2.36. The lowest BCUT2D eigenvalue weighted by Crippen LogP contribution is -2.26. The number of aromatic nitrogens is 1. The van der Waals surface area contributed by atoms with Crippen LogP contribution < -0.4 is 4.74 Å². The largest absolute Gasteiger partial charge is 0.493 e. The molecular weight excluding hydrogens is 390 g/mol. The third-order valence-corrected chi connectivity index (χ3v) is 8.04. The second kappa shape index (κ2) is 9.23. The highest BCUT2D eigenvalue weighted by atomic mass is 32.2. The molecule has 2 aromatic rings. The lowest BCUT2D eigenvalue weighted by molar-refractivity contribution is 0.0377. The Balaban J connectivity index is 1.69. The Bertz CT molecular complexity index is 817. The van der Waals surface area contributed by atoms with Crippen molar-refractivity contribution in [2.75, 3.05) is 19.1 Å². The molecule has 0 bridgehead atoms. The molecule has 1 aliphatic rings. The zero-order valence-corrected chi connectivity index (χ0v) is 18.5. The van der Waals surface area contributed by atoms with E-state index >= 15 is 0 Å². The van der Waals surface area contributed by atoms with E-state index in [4.69, 9.17) is 9.47 Å². The first kappa shape index (κ1) is 21.1. The molecule has 1 aromatic carbocycles. The molecule has 0 saturated heterocycles. The van der Waals surface area contributed by atoms with E-state index in [1.807, 2.05) is 43.4 Å². The third-order valence-electron chi connectivity index (χ3n) is 4.88. The number of hydrogen-bond donors (Lipinski definition) is 0. The Kier molecular flexibility index (Phi) is 6.94. The first-order valence-electron chi connectivity index (χ1n) is 9.50. The summed E-state index contributed by atoms with van der Waals surface area (Å²) in [6.45, 7) is 4.45. The number of carbonyl (C=O) groups excluding carboxylic acids is 1. The minimum atomic E-state index is -0.325. The van der Waals surface area contributed by atoms with E-state index in [0.717, 1.165) is 37.3 Å². The summed E-state index contributed by atoms with van der Waals surface area (Å²) < 4.78 is 11.2. The van der Waals surface area contributed by atoms with E-state index in [-0.39, 0.29) is 16.2 Å². The maximum Gasteiger partial charge on any atom is 0.339 e. The predicted molar refractivity (Wildman–Crippen MR) is 117 cm³/mol. The number of esters is 1. The van der Waals surface area contributed by atoms with Crippen LogP contribution in [-0.4, -0.2) is 36.2 Å². The molecule has 2 heterocycles. The van der Waals surface area contributed by atoms with Gasteiger partial charge in [-0.25, -0.2) is 4.79 Å². The van der Waals surface area contributed by atoms with Crippen LogP contribution in [0.2, 0.25) is 0 Å². The molecule has 1 aromatic heterocycles. The lowest BCUT2D eigenvalue weighted by atomic mass is 9.99. The molecule has 0 N–H and O–H groups in total. The van der Waals surface area contributed by atoms with E-state index in [0.29, 0.717) is 5.56 Å². The molecule has 0 unspecified atom stereocenters. The molecule has 4 nitrogen and oxygen atoms in total. The molecule has 0 spiro atoms. The van der Waals surface area contributed by atoms with Crippen molar-refractivity contribution in [1.29, 1.82) is 0 Å². The van der Waals surface area contributed by atoms with Crippen molar-refractivity contribution in [3.05, 3.63) is 58.9 Å². The summed E-state index contributed by atoms with van der Waals surface area (Å²) in [5.41, 5.74) is 4.03. The molecule has 0 aliphatic carbocycles. The summed E-state index contributed by atoms with van der Waals surface area (Å²) in [6, 6.07) is 10.2. The van der Waals surface area contributed by atoms with Crippen molar-refractivity contribution >= 4 is 29.5 Å². The number of nitrogens with zero attached hydrogens (tertiary/aromatic N) is 1. The van der Waals surface area contributed by atoms with Crippen LogP contribution in [0.25, 0.3) is 0 Å². The average Bonchev–Trinajstić information content (AvgIpc) is 2.71. The summed E-state index contributed by atoms with van der Waals surface area (Å²) in [4.78, 5) is 16.4. The summed E-state index contributed by atoms with van der Waals surface area (Å²) >= 11 is 3.79. The summed E-state index contributed by atoms with van der Waals surface area (Å²) in [5.74, 6) is 0.680. The fraction of sp³-hybridized carbons (Fsp3) is 0.455. The first-order chi connectivity index (χ1) is 13.5. The van der Waals surface area contributed by atoms with Gasteiger partial charge in [0.05, 0.1) is 22.4 Å². The minimum absolute atomic E-state index is 0.0697. The summed E-state index contributed by atoms with van der Waals surface area (Å²) in [7, 11) is 0. The van der Waals surface area contributed by atoms with Crippen LogP contribution in [0.1, 0.15) is 47.4 Å². The monoisotopic (exact) mass is 417 g/mol. The quantitative estimate of drug-likeness (QED) is 0.462. The molecule has 150 valence electrons. The fourth-order valence-electron chi connectivity index (χ4n) is 3.34. The Labute approximate surface area is 175 Å². The number of benzene rings is 1. The van der Waals surface area contributed by atoms with Gasteiger partial charge in [0.25, 0.3) is 0 Å². The van der Waals surface area contributed by atoms with Crippen LogP contribution >= 0.6 is 23.5 Å². The molecule has 6 heteroatoms. The van der Waals surface area contributed by atoms with Gasteiger partial charge < -0.3 is 9.47 Å². The highest BCUT2D eigenvalue weighted by Crippen LogP contribution is 2.52. The standard InChI is InChI=1S/C22H27NO3S2/c1-15(2)26-21(24)17-7-9-18(23-14-17)8-5-16-6-10-20-19(13-16)22(27-3,28-4)11-12-25-20/h6-7,9-10,13-15H,5,8,11-12H2,1-4H3. The minimum Gasteiger partial charge on any atom is -0.493 e. The van der Waals surface area contributed by atoms with E-state index < -0.39 is 0 Å². The van der Waals surface area contributed by atoms with Crippen LogP contribution in [0.3, 0.4) is 0 Å². The number of rotatable bonds is 7. The number of hydrogen-bond acceptors (Lipinski definition) is 6. The summed E-state index contributed by atoms with van der Waals surface area (Å²) in [5, 5.41) is 0. The number of ether oxygens (including phenoxy) is 2. The summed E-state index contributed by atoms with van der Waals surface area (Å²) in [6.07, 6.45) is 8.56. The number of aryl methyl sites for hydroxylation is 2. The van der Waals surface area contributed by atoms with Gasteiger partial charge in [-0.2, -0.15) is 0 Å². The van der Waals surface area contributed by atoms with Crippen LogP contribution in [0.4, 0.5) is 0 Å². The van der Waals surface area contributed by atoms with Gasteiger partial charge >= 0.3 is 5.97 Å². The Morgan fingerprint density at radius 2 is 2.00 bits per heavy atom. The maximum atomic E-state index is 11.9. The molecule has 0 radical (unpaired) electrons. The molecule has 3 rings (SSSR count). The van der Waals surface area contributed by atoms with Gasteiger partial charge in [-0.05, 0) is 69.0 Å². The van der Waals surface area contributed by atoms with Crippen LogP contribution in [-0.2, 0) is 21.7 Å². The first-order valence-corrected chi connectivity index (χ1v) is 11.9. The van der Waals surface area contributed by atoms with Gasteiger partial charge in [-0.3, -0.25) is 4.98 Å². The number of thioether (sulfide) groups is 2. The second-order valence-corrected chi connectivity index (χ2v) is 9.55. The highest BCUT2D eigenvalue weighted by molar-refractivity contribution is 8.16. The van der Waals surface area contributed by atoms with Gasteiger partial charge in [0.1, 0.15) is 5.75 Å². The van der Waals surface area contributed by atoms with E-state index in [9.17, 15) is 4.79 Å². The van der Waals surface area contributed by atoms with Crippen molar-refractivity contribution in [2.45, 2.75) is 43.3 Å². The van der Waals surface area contributed by atoms with Crippen molar-refractivity contribution in [3.63, 3.8) is 0 Å². The van der Waals surface area contributed by atoms with Crippen molar-refractivity contribution in [2.24, 2.45) is 0 Å². The fourth-order valence-corrected chi connectivity index (χ4v) is 5.34. The molecule has 0 saturated carbocycles. The van der Waals surface area contributed by atoms with Gasteiger partial charge in [0, 0.05) is 23.9 Å². The van der Waals surface area contributed by atoms with E-state index in [1.54, 1.807) is 12.3 Å². The van der Waals surface area contributed by atoms with Gasteiger partial charge in [-0.15, -0.1) is 23.5 Å². The Morgan fingerprint density at radius 1 is 1.21 bits per heavy atom. The molecule has 1 aliphatic heterocycles. The van der Waals surface area contributed by atoms with Crippen LogP contribution in [0, 0.1) is 0 Å². The van der Waals surface area contributed by atoms with Gasteiger partial charge in [-0.1, -0.05) is 6.07 Å². The Hall–Kier alpha value is -1.66. The van der Waals surface area contributed by atoms with E-state index in [2.05, 4.69) is 35.7 Å². The average molecular weight is 418 g/mol. The molecular formula is C22H27NO3S2. The maximum absolute atomic E-state index is 11.9. The smallest absolute Gasteiger partial charge is 0.339 e. The number of pyridine rings is 1. The second-order valence-electron chi connectivity index (χ2n) is 7.08. The molecule has 0 atom stereocenters. The highest BCUT2D eigenvalue weighted by Gasteiger charge is 2.36. The van der Waals surface area contributed by atoms with Gasteiger partial charge in [0.2, 0.25) is 0 Å². The van der Waals surface area contributed by atoms with Crippen molar-refractivity contribution in [3.8, 4) is 5.75 Å². The number of fused-ring (bicyclic) bond motifs is 1. The van der Waals surface area contributed by atoms with Crippen LogP contribution in [0.5, 0.6) is 5.75 Å². The molecule has 28 heavy (non-hydrogen) atoms. The van der Waals surface area contributed by atoms with Crippen molar-refractivity contribution < 1.29 is 14.3 Å². The normalized spacial score (nSPS) is 15.0. The van der Waals surface area contributed by atoms with Crippen LogP contribution in [0.15, 0.2) is 36.5 Å². The zero-order valence-electron chi connectivity index (χ0n) is 16.9. The predicted octanol–water partition coefficient (Wildman–Crippen LogP) is 5.09. The van der Waals surface area contributed by atoms with Crippen molar-refractivity contribution in [1.82, 2.24) is 4.98 Å².